The van der Waals surface area contributed by atoms with Gasteiger partial charge < -0.3 is 9.88 Å². The van der Waals surface area contributed by atoms with Crippen LogP contribution in [0.15, 0.2) is 198 Å². The van der Waals surface area contributed by atoms with E-state index >= 15 is 0 Å². The SMILES string of the molecule is C1=CCCC=C1.CC.CC.CC1=C(C(=C/C=C/Nc2ccc(-c3ccc4c(c3)c3ccccc3n4-c3ccccc3)cc2)/C(C)=C\c2ccc(C)cc2)C=CCC1. The summed E-state index contributed by atoms with van der Waals surface area (Å²) in [5.41, 5.74) is 14.9. The van der Waals surface area contributed by atoms with Crippen LogP contribution in [0, 0.1) is 6.92 Å². The molecule has 1 heterocycles. The predicted octanol–water partition coefficient (Wildman–Crippen LogP) is 16.3. The molecule has 6 aromatic rings. The summed E-state index contributed by atoms with van der Waals surface area (Å²) in [7, 11) is 0. The topological polar surface area (TPSA) is 17.0 Å². The minimum Gasteiger partial charge on any atom is -0.362 e. The molecule has 0 amide bonds. The molecule has 1 N–H and O–H groups in total. The second-order valence-electron chi connectivity index (χ2n) is 13.9. The summed E-state index contributed by atoms with van der Waals surface area (Å²) in [6.45, 7) is 14.6. The van der Waals surface area contributed by atoms with Crippen molar-refractivity contribution in [2.45, 2.75) is 74.1 Å². The Bertz CT molecular complexity index is 2390. The van der Waals surface area contributed by atoms with Crippen LogP contribution >= 0.6 is 0 Å². The molecule has 0 bridgehead atoms. The van der Waals surface area contributed by atoms with Gasteiger partial charge in [-0.1, -0.05) is 166 Å². The lowest BCUT2D eigenvalue weighted by Crippen LogP contribution is -1.97. The van der Waals surface area contributed by atoms with E-state index in [0.717, 1.165) is 18.5 Å². The van der Waals surface area contributed by atoms with E-state index < -0.39 is 0 Å². The molecule has 57 heavy (non-hydrogen) atoms. The molecule has 2 aliphatic rings. The lowest BCUT2D eigenvalue weighted by molar-refractivity contribution is 0.943. The molecule has 0 unspecified atom stereocenters. The molecule has 0 fully saturated rings. The number of aromatic nitrogens is 1. The van der Waals surface area contributed by atoms with Gasteiger partial charge in [0.15, 0.2) is 0 Å². The van der Waals surface area contributed by atoms with Gasteiger partial charge in [-0.15, -0.1) is 0 Å². The summed E-state index contributed by atoms with van der Waals surface area (Å²) >= 11 is 0. The number of benzene rings is 5. The number of hydrogen-bond donors (Lipinski definition) is 1. The molecule has 0 atom stereocenters. The highest BCUT2D eigenvalue weighted by molar-refractivity contribution is 6.10. The minimum atomic E-state index is 1.06. The summed E-state index contributed by atoms with van der Waals surface area (Å²) in [4.78, 5) is 0. The third kappa shape index (κ3) is 11.0. The van der Waals surface area contributed by atoms with Crippen molar-refractivity contribution in [3.63, 3.8) is 0 Å². The standard InChI is InChI=1S/C45H40N2.C6H8.2C2H6/c1-32-19-21-35(22-20-32)30-34(3)41(40-15-8-7-12-33(40)2)17-11-29-46-38-26-23-36(24-27-38)37-25-28-45-43(31-37)42-16-9-10-18-44(42)47(45)39-13-5-4-6-14-39;1-2-4-6-5-3-1;2*1-2/h4-6,8-11,13-31,46H,7,12H2,1-3H3;1-4H,5-6H2;2*1-2H3/b29-11+,34-30-,41-17+;;;. The first-order valence-corrected chi connectivity index (χ1v) is 20.8. The van der Waals surface area contributed by atoms with Crippen molar-refractivity contribution in [1.82, 2.24) is 4.57 Å². The molecule has 290 valence electrons. The van der Waals surface area contributed by atoms with Crippen LogP contribution in [0.1, 0.15) is 78.4 Å². The van der Waals surface area contributed by atoms with Gasteiger partial charge >= 0.3 is 0 Å². The Balaban J connectivity index is 0.000000554. The van der Waals surface area contributed by atoms with Crippen molar-refractivity contribution in [1.29, 1.82) is 0 Å². The molecule has 0 aliphatic heterocycles. The highest BCUT2D eigenvalue weighted by atomic mass is 15.0. The van der Waals surface area contributed by atoms with Gasteiger partial charge in [0.1, 0.15) is 0 Å². The van der Waals surface area contributed by atoms with Gasteiger partial charge in [0.2, 0.25) is 0 Å². The van der Waals surface area contributed by atoms with Crippen LogP contribution < -0.4 is 5.32 Å². The maximum atomic E-state index is 3.48. The zero-order valence-corrected chi connectivity index (χ0v) is 35.1. The number of anilines is 1. The van der Waals surface area contributed by atoms with Gasteiger partial charge in [-0.25, -0.2) is 0 Å². The maximum absolute atomic E-state index is 3.48. The zero-order chi connectivity index (χ0) is 40.4. The maximum Gasteiger partial charge on any atom is 0.0541 e. The fourth-order valence-electron chi connectivity index (χ4n) is 7.12. The van der Waals surface area contributed by atoms with Gasteiger partial charge in [0.05, 0.1) is 11.0 Å². The van der Waals surface area contributed by atoms with Crippen LogP contribution in [0.4, 0.5) is 5.69 Å². The Morgan fingerprint density at radius 3 is 1.95 bits per heavy atom. The predicted molar refractivity (Wildman–Crippen MR) is 253 cm³/mol. The second-order valence-corrected chi connectivity index (χ2v) is 13.9. The van der Waals surface area contributed by atoms with Crippen molar-refractivity contribution in [3.05, 3.63) is 210 Å². The van der Waals surface area contributed by atoms with E-state index in [0.29, 0.717) is 0 Å². The minimum absolute atomic E-state index is 1.06. The summed E-state index contributed by atoms with van der Waals surface area (Å²) in [5, 5.41) is 6.01. The van der Waals surface area contributed by atoms with Crippen molar-refractivity contribution in [2.75, 3.05) is 5.32 Å². The molecule has 0 spiro atoms. The van der Waals surface area contributed by atoms with Crippen molar-refractivity contribution < 1.29 is 0 Å². The number of aryl methyl sites for hydroxylation is 1. The first-order valence-electron chi connectivity index (χ1n) is 20.8. The van der Waals surface area contributed by atoms with Crippen LogP contribution in [-0.4, -0.2) is 4.57 Å². The van der Waals surface area contributed by atoms with Gasteiger partial charge in [0, 0.05) is 28.3 Å². The smallest absolute Gasteiger partial charge is 0.0541 e. The molecular weight excluding hydrogens is 689 g/mol. The summed E-state index contributed by atoms with van der Waals surface area (Å²) < 4.78 is 2.36. The van der Waals surface area contributed by atoms with E-state index in [9.17, 15) is 0 Å². The number of fused-ring (bicyclic) bond motifs is 3. The molecule has 1 aromatic heterocycles. The van der Waals surface area contributed by atoms with Crippen LogP contribution in [-0.2, 0) is 0 Å². The highest BCUT2D eigenvalue weighted by Crippen LogP contribution is 2.35. The first kappa shape index (κ1) is 42.0. The summed E-state index contributed by atoms with van der Waals surface area (Å²) in [6, 6.07) is 43.5. The number of nitrogens with one attached hydrogen (secondary N) is 1. The van der Waals surface area contributed by atoms with Crippen molar-refractivity contribution in [3.8, 4) is 16.8 Å². The van der Waals surface area contributed by atoms with Gasteiger partial charge in [-0.2, -0.15) is 0 Å². The average Bonchev–Trinajstić information content (AvgIpc) is 3.61. The normalized spacial score (nSPS) is 13.8. The van der Waals surface area contributed by atoms with Crippen LogP contribution in [0.2, 0.25) is 0 Å². The molecular formula is C55H60N2. The number of nitrogens with zero attached hydrogens (tertiary/aromatic N) is 1. The Morgan fingerprint density at radius 1 is 0.632 bits per heavy atom. The molecule has 8 rings (SSSR count). The van der Waals surface area contributed by atoms with Crippen LogP contribution in [0.25, 0.3) is 44.7 Å². The lowest BCUT2D eigenvalue weighted by Gasteiger charge is -2.17. The van der Waals surface area contributed by atoms with Crippen LogP contribution in [0.5, 0.6) is 0 Å². The van der Waals surface area contributed by atoms with E-state index in [1.165, 1.54) is 84.9 Å². The molecule has 2 aliphatic carbocycles. The van der Waals surface area contributed by atoms with Crippen molar-refractivity contribution >= 4 is 33.6 Å². The van der Waals surface area contributed by atoms with E-state index in [1.807, 2.05) is 33.9 Å². The van der Waals surface area contributed by atoms with Crippen LogP contribution in [0.3, 0.4) is 0 Å². The highest BCUT2D eigenvalue weighted by Gasteiger charge is 2.13. The van der Waals surface area contributed by atoms with Gasteiger partial charge in [0.25, 0.3) is 0 Å². The molecule has 0 saturated carbocycles. The Labute approximate surface area is 342 Å². The van der Waals surface area contributed by atoms with E-state index in [4.69, 9.17) is 0 Å². The molecule has 2 heteroatoms. The van der Waals surface area contributed by atoms with E-state index in [-0.39, 0.29) is 0 Å². The third-order valence-electron chi connectivity index (χ3n) is 10.0. The molecule has 0 radical (unpaired) electrons. The monoisotopic (exact) mass is 748 g/mol. The number of para-hydroxylation sites is 2. The first-order chi connectivity index (χ1) is 28.0. The molecule has 5 aromatic carbocycles. The third-order valence-corrected chi connectivity index (χ3v) is 10.0. The zero-order valence-electron chi connectivity index (χ0n) is 35.1. The molecule has 0 saturated heterocycles. The Kier molecular flexibility index (Phi) is 16.1. The fraction of sp³-hybridized carbons (Fsp3) is 0.200. The van der Waals surface area contributed by atoms with E-state index in [2.05, 4.69) is 207 Å². The van der Waals surface area contributed by atoms with Gasteiger partial charge in [-0.3, -0.25) is 0 Å². The number of allylic oxidation sites excluding steroid dienone is 12. The largest absolute Gasteiger partial charge is 0.362 e. The van der Waals surface area contributed by atoms with E-state index in [1.54, 1.807) is 0 Å². The van der Waals surface area contributed by atoms with Crippen molar-refractivity contribution in [2.24, 2.45) is 0 Å². The molecule has 2 nitrogen and oxygen atoms in total. The number of rotatable bonds is 8. The Hall–Kier alpha value is -6.12. The second kappa shape index (κ2) is 21.8. The number of hydrogen-bond acceptors (Lipinski definition) is 1. The lowest BCUT2D eigenvalue weighted by atomic mass is 9.88. The average molecular weight is 749 g/mol. The summed E-state index contributed by atoms with van der Waals surface area (Å²) in [5.74, 6) is 0. The Morgan fingerprint density at radius 2 is 1.28 bits per heavy atom. The van der Waals surface area contributed by atoms with Gasteiger partial charge in [-0.05, 0) is 128 Å². The fourth-order valence-corrected chi connectivity index (χ4v) is 7.12. The summed E-state index contributed by atoms with van der Waals surface area (Å²) in [6.07, 6.45) is 26.5. The quantitative estimate of drug-likeness (QED) is 0.153.